The van der Waals surface area contributed by atoms with Crippen LogP contribution in [0, 0.1) is 5.41 Å². The van der Waals surface area contributed by atoms with Crippen LogP contribution in [0.1, 0.15) is 63.1 Å². The van der Waals surface area contributed by atoms with Crippen molar-refractivity contribution in [1.82, 2.24) is 4.90 Å². The van der Waals surface area contributed by atoms with Crippen molar-refractivity contribution in [2.24, 2.45) is 5.41 Å². The van der Waals surface area contributed by atoms with Crippen LogP contribution in [-0.4, -0.2) is 27.4 Å². The lowest BCUT2D eigenvalue weighted by Crippen LogP contribution is -2.63. The standard InChI is InChI=1S/C26H29Cl2NO3/c1-5-14-25(3)16-21(18-8-7-9-20(28)15-18)22(17-10-12-19(27)13-11-17)29(23(25)30)26(4,6-2)24(31)32/h5,7-13,15,21-22H,1,6,14,16H2,2-4H3,(H,31,32)/t21-,22-,25+,26?/m1/s1. The van der Waals surface area contributed by atoms with Crippen LogP contribution in [0.15, 0.2) is 61.2 Å². The minimum atomic E-state index is -1.39. The van der Waals surface area contributed by atoms with Gasteiger partial charge in [0.15, 0.2) is 0 Å². The Morgan fingerprint density at radius 3 is 2.41 bits per heavy atom. The molecule has 0 radical (unpaired) electrons. The molecule has 1 aliphatic heterocycles. The van der Waals surface area contributed by atoms with Crippen molar-refractivity contribution in [1.29, 1.82) is 0 Å². The van der Waals surface area contributed by atoms with Gasteiger partial charge in [-0.15, -0.1) is 6.58 Å². The van der Waals surface area contributed by atoms with E-state index in [-0.39, 0.29) is 18.2 Å². The van der Waals surface area contributed by atoms with E-state index < -0.39 is 23.0 Å². The van der Waals surface area contributed by atoms with Gasteiger partial charge in [-0.05, 0) is 61.6 Å². The Labute approximate surface area is 199 Å². The van der Waals surface area contributed by atoms with E-state index in [0.29, 0.717) is 22.9 Å². The molecule has 0 saturated carbocycles. The Morgan fingerprint density at radius 2 is 1.88 bits per heavy atom. The van der Waals surface area contributed by atoms with Crippen LogP contribution in [0.2, 0.25) is 10.0 Å². The second kappa shape index (κ2) is 9.29. The predicted molar refractivity (Wildman–Crippen MR) is 129 cm³/mol. The van der Waals surface area contributed by atoms with Gasteiger partial charge < -0.3 is 10.0 Å². The van der Waals surface area contributed by atoms with E-state index in [4.69, 9.17) is 23.2 Å². The van der Waals surface area contributed by atoms with E-state index in [9.17, 15) is 14.7 Å². The number of rotatable bonds is 7. The lowest BCUT2D eigenvalue weighted by molar-refractivity contribution is -0.173. The summed E-state index contributed by atoms with van der Waals surface area (Å²) < 4.78 is 0. The molecule has 1 aliphatic rings. The largest absolute Gasteiger partial charge is 0.480 e. The van der Waals surface area contributed by atoms with Gasteiger partial charge in [0.25, 0.3) is 0 Å². The Balaban J connectivity index is 2.31. The number of amides is 1. The van der Waals surface area contributed by atoms with Gasteiger partial charge in [-0.25, -0.2) is 4.79 Å². The molecule has 1 fully saturated rings. The summed E-state index contributed by atoms with van der Waals surface area (Å²) in [6.07, 6.45) is 3.00. The summed E-state index contributed by atoms with van der Waals surface area (Å²) in [6, 6.07) is 14.4. The van der Waals surface area contributed by atoms with Crippen LogP contribution in [-0.2, 0) is 9.59 Å². The third-order valence-electron chi connectivity index (χ3n) is 6.83. The molecule has 0 bridgehead atoms. The molecule has 2 aromatic rings. The van der Waals surface area contributed by atoms with E-state index in [1.165, 1.54) is 0 Å². The molecule has 1 heterocycles. The molecule has 4 nitrogen and oxygen atoms in total. The molecule has 32 heavy (non-hydrogen) atoms. The number of hydrogen-bond acceptors (Lipinski definition) is 2. The minimum Gasteiger partial charge on any atom is -0.480 e. The van der Waals surface area contributed by atoms with Crippen molar-refractivity contribution >= 4 is 35.1 Å². The van der Waals surface area contributed by atoms with Crippen molar-refractivity contribution in [2.45, 2.75) is 57.5 Å². The van der Waals surface area contributed by atoms with Crippen molar-refractivity contribution in [2.75, 3.05) is 0 Å². The predicted octanol–water partition coefficient (Wildman–Crippen LogP) is 6.89. The van der Waals surface area contributed by atoms with E-state index in [2.05, 4.69) is 6.58 Å². The maximum Gasteiger partial charge on any atom is 0.329 e. The molecule has 1 unspecified atom stereocenters. The number of carbonyl (C=O) groups excluding carboxylic acids is 1. The quantitative estimate of drug-likeness (QED) is 0.445. The first-order valence-electron chi connectivity index (χ1n) is 10.8. The van der Waals surface area contributed by atoms with Crippen LogP contribution < -0.4 is 0 Å². The average Bonchev–Trinajstić information content (AvgIpc) is 2.75. The molecule has 6 heteroatoms. The number of carboxylic acids is 1. The van der Waals surface area contributed by atoms with Crippen molar-refractivity contribution < 1.29 is 14.7 Å². The Hall–Kier alpha value is -2.30. The van der Waals surface area contributed by atoms with E-state index in [1.54, 1.807) is 37.0 Å². The maximum absolute atomic E-state index is 14.0. The molecule has 1 N–H and O–H groups in total. The number of aliphatic carboxylic acids is 1. The van der Waals surface area contributed by atoms with E-state index >= 15 is 0 Å². The number of likely N-dealkylation sites (tertiary alicyclic amines) is 1. The zero-order valence-electron chi connectivity index (χ0n) is 18.6. The van der Waals surface area contributed by atoms with Gasteiger partial charge in [-0.2, -0.15) is 0 Å². The normalized spacial score (nSPS) is 25.3. The van der Waals surface area contributed by atoms with Crippen LogP contribution >= 0.6 is 23.2 Å². The third-order valence-corrected chi connectivity index (χ3v) is 7.32. The molecule has 1 amide bonds. The monoisotopic (exact) mass is 473 g/mol. The van der Waals surface area contributed by atoms with Crippen LogP contribution in [0.5, 0.6) is 0 Å². The van der Waals surface area contributed by atoms with Gasteiger partial charge in [-0.1, -0.05) is 67.4 Å². The summed E-state index contributed by atoms with van der Waals surface area (Å²) in [7, 11) is 0. The lowest BCUT2D eigenvalue weighted by atomic mass is 9.66. The van der Waals surface area contributed by atoms with Crippen LogP contribution in [0.4, 0.5) is 0 Å². The number of piperidine rings is 1. The topological polar surface area (TPSA) is 57.6 Å². The Bertz CT molecular complexity index is 1020. The number of halogens is 2. The summed E-state index contributed by atoms with van der Waals surface area (Å²) in [5.74, 6) is -1.37. The summed E-state index contributed by atoms with van der Waals surface area (Å²) in [4.78, 5) is 28.1. The third kappa shape index (κ3) is 4.31. The maximum atomic E-state index is 14.0. The molecule has 3 rings (SSSR count). The minimum absolute atomic E-state index is 0.164. The molecule has 170 valence electrons. The number of hydrogen-bond donors (Lipinski definition) is 1. The van der Waals surface area contributed by atoms with Gasteiger partial charge in [0.1, 0.15) is 5.54 Å². The first kappa shape index (κ1) is 24.3. The molecule has 0 spiro atoms. The Kier molecular flexibility index (Phi) is 7.06. The molecular formula is C26H29Cl2NO3. The second-order valence-corrected chi connectivity index (χ2v) is 9.90. The summed E-state index contributed by atoms with van der Waals surface area (Å²) in [5.41, 5.74) is -0.367. The van der Waals surface area contributed by atoms with Gasteiger partial charge >= 0.3 is 5.97 Å². The van der Waals surface area contributed by atoms with E-state index in [0.717, 1.165) is 11.1 Å². The fourth-order valence-electron chi connectivity index (χ4n) is 4.81. The fourth-order valence-corrected chi connectivity index (χ4v) is 5.13. The molecular weight excluding hydrogens is 445 g/mol. The summed E-state index contributed by atoms with van der Waals surface area (Å²) in [5, 5.41) is 11.4. The first-order chi connectivity index (χ1) is 15.1. The highest BCUT2D eigenvalue weighted by Gasteiger charge is 2.56. The Morgan fingerprint density at radius 1 is 1.22 bits per heavy atom. The zero-order valence-corrected chi connectivity index (χ0v) is 20.2. The highest BCUT2D eigenvalue weighted by atomic mass is 35.5. The number of nitrogens with zero attached hydrogens (tertiary/aromatic N) is 1. The number of allylic oxidation sites excluding steroid dienone is 1. The second-order valence-electron chi connectivity index (χ2n) is 9.02. The van der Waals surface area contributed by atoms with Crippen molar-refractivity contribution in [3.05, 3.63) is 82.4 Å². The molecule has 2 aromatic carbocycles. The van der Waals surface area contributed by atoms with E-state index in [1.807, 2.05) is 43.3 Å². The van der Waals surface area contributed by atoms with Gasteiger partial charge in [0, 0.05) is 16.0 Å². The number of carboxylic acid groups (broad SMARTS) is 1. The van der Waals surface area contributed by atoms with Crippen LogP contribution in [0.25, 0.3) is 0 Å². The number of carbonyl (C=O) groups is 2. The average molecular weight is 474 g/mol. The molecule has 0 aromatic heterocycles. The SMILES string of the molecule is C=CC[C@@]1(C)C[C@H](c2cccc(Cl)c2)[C@@H](c2ccc(Cl)cc2)N(C(C)(CC)C(=O)O)C1=O. The summed E-state index contributed by atoms with van der Waals surface area (Å²) in [6.45, 7) is 9.18. The molecule has 0 aliphatic carbocycles. The highest BCUT2D eigenvalue weighted by Crippen LogP contribution is 2.53. The van der Waals surface area contributed by atoms with Gasteiger partial charge in [0.2, 0.25) is 5.91 Å². The molecule has 4 atom stereocenters. The first-order valence-corrected chi connectivity index (χ1v) is 11.5. The smallest absolute Gasteiger partial charge is 0.329 e. The van der Waals surface area contributed by atoms with Crippen molar-refractivity contribution in [3.8, 4) is 0 Å². The molecule has 1 saturated heterocycles. The lowest BCUT2D eigenvalue weighted by Gasteiger charge is -2.54. The fraction of sp³-hybridized carbons (Fsp3) is 0.385. The summed E-state index contributed by atoms with van der Waals surface area (Å²) >= 11 is 12.5. The van der Waals surface area contributed by atoms with Gasteiger partial charge in [-0.3, -0.25) is 4.79 Å². The van der Waals surface area contributed by atoms with Crippen molar-refractivity contribution in [3.63, 3.8) is 0 Å². The highest BCUT2D eigenvalue weighted by molar-refractivity contribution is 6.30. The zero-order chi connectivity index (χ0) is 23.7. The number of benzene rings is 2. The van der Waals surface area contributed by atoms with Crippen LogP contribution in [0.3, 0.4) is 0 Å². The van der Waals surface area contributed by atoms with Gasteiger partial charge in [0.05, 0.1) is 11.5 Å².